The average molecular weight is 567 g/mol. The van der Waals surface area contributed by atoms with E-state index in [2.05, 4.69) is 15.3 Å². The fourth-order valence-corrected chi connectivity index (χ4v) is 4.41. The van der Waals surface area contributed by atoms with Crippen LogP contribution >= 0.6 is 0 Å². The van der Waals surface area contributed by atoms with E-state index < -0.39 is 23.4 Å². The Kier molecular flexibility index (Phi) is 7.60. The zero-order chi connectivity index (χ0) is 30.1. The van der Waals surface area contributed by atoms with Crippen molar-refractivity contribution in [2.75, 3.05) is 10.2 Å². The van der Waals surface area contributed by atoms with E-state index in [-0.39, 0.29) is 5.82 Å². The molecule has 3 heterocycles. The minimum Gasteiger partial charge on any atom is -0.456 e. The first-order valence-corrected chi connectivity index (χ1v) is 13.7. The molecule has 2 aromatic carbocycles. The maximum atomic E-state index is 13.5. The highest BCUT2D eigenvalue weighted by Crippen LogP contribution is 2.37. The zero-order valence-electron chi connectivity index (χ0n) is 24.6. The van der Waals surface area contributed by atoms with Crippen LogP contribution in [0.15, 0.2) is 83.7 Å². The smallest absolute Gasteiger partial charge is 0.425 e. The van der Waals surface area contributed by atoms with Crippen molar-refractivity contribution in [2.45, 2.75) is 59.3 Å². The van der Waals surface area contributed by atoms with E-state index in [0.29, 0.717) is 23.3 Å². The molecule has 0 aliphatic rings. The highest BCUT2D eigenvalue weighted by atomic mass is 16.6. The molecule has 0 spiro atoms. The van der Waals surface area contributed by atoms with Crippen molar-refractivity contribution in [1.29, 1.82) is 0 Å². The third-order valence-electron chi connectivity index (χ3n) is 6.16. The van der Waals surface area contributed by atoms with Crippen LogP contribution in [0, 0.1) is 0 Å². The van der Waals surface area contributed by atoms with Gasteiger partial charge in [0.2, 0.25) is 0 Å². The minimum atomic E-state index is -0.884. The molecule has 0 aliphatic heterocycles. The largest absolute Gasteiger partial charge is 0.456 e. The summed E-state index contributed by atoms with van der Waals surface area (Å²) < 4.78 is 17.4. The van der Waals surface area contributed by atoms with Gasteiger partial charge in [-0.15, -0.1) is 0 Å². The third-order valence-corrected chi connectivity index (χ3v) is 6.16. The van der Waals surface area contributed by atoms with E-state index in [1.165, 1.54) is 0 Å². The molecule has 1 N–H and O–H groups in total. The number of nitrogens with zero attached hydrogens (tertiary/aromatic N) is 3. The van der Waals surface area contributed by atoms with E-state index in [1.807, 2.05) is 60.7 Å². The predicted molar refractivity (Wildman–Crippen MR) is 163 cm³/mol. The van der Waals surface area contributed by atoms with Gasteiger partial charge in [0.15, 0.2) is 5.82 Å². The number of carbonyl (C=O) groups excluding carboxylic acids is 2. The van der Waals surface area contributed by atoms with Crippen LogP contribution in [0.2, 0.25) is 0 Å². The van der Waals surface area contributed by atoms with Gasteiger partial charge in [-0.1, -0.05) is 30.3 Å². The lowest BCUT2D eigenvalue weighted by atomic mass is 10.0. The third kappa shape index (κ3) is 6.52. The van der Waals surface area contributed by atoms with E-state index in [4.69, 9.17) is 13.9 Å². The van der Waals surface area contributed by atoms with Crippen LogP contribution in [0.25, 0.3) is 33.1 Å². The number of hydrogen-bond acceptors (Lipinski definition) is 8. The zero-order valence-corrected chi connectivity index (χ0v) is 24.6. The summed E-state index contributed by atoms with van der Waals surface area (Å²) in [5, 5.41) is 5.64. The highest BCUT2D eigenvalue weighted by molar-refractivity contribution is 6.15. The van der Waals surface area contributed by atoms with Crippen molar-refractivity contribution >= 4 is 45.4 Å². The van der Waals surface area contributed by atoms with E-state index in [1.54, 1.807) is 60.1 Å². The van der Waals surface area contributed by atoms with Gasteiger partial charge >= 0.3 is 12.2 Å². The molecule has 0 radical (unpaired) electrons. The first-order chi connectivity index (χ1) is 19.9. The number of anilines is 2. The molecule has 0 atom stereocenters. The summed E-state index contributed by atoms with van der Waals surface area (Å²) in [6, 6.07) is 19.2. The predicted octanol–water partition coefficient (Wildman–Crippen LogP) is 8.33. The van der Waals surface area contributed by atoms with E-state index in [9.17, 15) is 9.59 Å². The van der Waals surface area contributed by atoms with Gasteiger partial charge in [0.05, 0.1) is 0 Å². The number of fused-ring (bicyclic) bond motifs is 2. The van der Waals surface area contributed by atoms with Crippen LogP contribution in [-0.2, 0) is 16.0 Å². The molecule has 5 aromatic rings. The van der Waals surface area contributed by atoms with Gasteiger partial charge in [0.1, 0.15) is 22.5 Å². The Bertz CT molecular complexity index is 1690. The van der Waals surface area contributed by atoms with Crippen molar-refractivity contribution in [2.24, 2.45) is 0 Å². The van der Waals surface area contributed by atoms with Gasteiger partial charge in [0.25, 0.3) is 0 Å². The topological polar surface area (TPSA) is 107 Å². The van der Waals surface area contributed by atoms with Crippen molar-refractivity contribution < 1.29 is 23.5 Å². The van der Waals surface area contributed by atoms with Gasteiger partial charge in [-0.25, -0.2) is 14.6 Å². The van der Waals surface area contributed by atoms with Gasteiger partial charge in [-0.05, 0) is 82.8 Å². The Balaban J connectivity index is 1.66. The number of amides is 2. The van der Waals surface area contributed by atoms with Crippen molar-refractivity contribution in [3.05, 3.63) is 84.8 Å². The minimum absolute atomic E-state index is 0.0991. The number of ether oxygens (including phenoxy) is 2. The van der Waals surface area contributed by atoms with Crippen LogP contribution < -0.4 is 10.2 Å². The summed E-state index contributed by atoms with van der Waals surface area (Å²) >= 11 is 0. The van der Waals surface area contributed by atoms with Crippen molar-refractivity contribution in [1.82, 2.24) is 9.97 Å². The number of para-hydroxylation sites is 1. The Morgan fingerprint density at radius 1 is 0.857 bits per heavy atom. The Morgan fingerprint density at radius 3 is 2.17 bits per heavy atom. The standard InChI is InChI=1S/C33H34N4O5/c1-32(2,3)41-30(38)37(31(39)42-33(4,5)6)29-24-12-11-21(19-35-23-13-15-34-16-14-23)17-25(24)26(20-36-29)28-18-22-9-7-8-10-27(22)40-28/h7-18,20H,19H2,1-6H3,(H,34,35). The number of carbonyl (C=O) groups is 2. The molecule has 3 aromatic heterocycles. The second-order valence-electron chi connectivity index (χ2n) is 11.9. The first kappa shape index (κ1) is 28.6. The van der Waals surface area contributed by atoms with Gasteiger partial charge in [-0.2, -0.15) is 4.90 Å². The fraction of sp³-hybridized carbons (Fsp3) is 0.273. The number of pyridine rings is 2. The molecule has 5 rings (SSSR count). The molecule has 0 unspecified atom stereocenters. The summed E-state index contributed by atoms with van der Waals surface area (Å²) in [4.78, 5) is 36.5. The van der Waals surface area contributed by atoms with E-state index in [0.717, 1.165) is 32.5 Å². The maximum Gasteiger partial charge on any atom is 0.425 e. The molecule has 9 heteroatoms. The van der Waals surface area contributed by atoms with Gasteiger partial charge in [0, 0.05) is 47.2 Å². The number of hydrogen-bond donors (Lipinski definition) is 1. The monoisotopic (exact) mass is 566 g/mol. The van der Waals surface area contributed by atoms with Crippen molar-refractivity contribution in [3.8, 4) is 11.3 Å². The van der Waals surface area contributed by atoms with Crippen LogP contribution in [0.4, 0.5) is 21.1 Å². The molecular formula is C33H34N4O5. The summed E-state index contributed by atoms with van der Waals surface area (Å²) in [5.41, 5.74) is 1.64. The molecule has 0 bridgehead atoms. The number of nitrogens with one attached hydrogen (secondary N) is 1. The lowest BCUT2D eigenvalue weighted by Crippen LogP contribution is -2.44. The molecule has 9 nitrogen and oxygen atoms in total. The summed E-state index contributed by atoms with van der Waals surface area (Å²) in [6.45, 7) is 10.9. The number of imide groups is 1. The molecule has 0 saturated carbocycles. The number of rotatable bonds is 5. The summed E-state index contributed by atoms with van der Waals surface area (Å²) in [5.74, 6) is 0.711. The Morgan fingerprint density at radius 2 is 1.52 bits per heavy atom. The van der Waals surface area contributed by atoms with Gasteiger partial charge in [-0.3, -0.25) is 4.98 Å². The molecule has 0 saturated heterocycles. The number of aromatic nitrogens is 2. The Hall–Kier alpha value is -4.92. The molecule has 216 valence electrons. The number of furan rings is 1. The fourth-order valence-electron chi connectivity index (χ4n) is 4.41. The average Bonchev–Trinajstić information content (AvgIpc) is 3.34. The molecule has 0 fully saturated rings. The van der Waals surface area contributed by atoms with Crippen LogP contribution in [-0.4, -0.2) is 33.4 Å². The molecule has 0 aliphatic carbocycles. The van der Waals surface area contributed by atoms with Gasteiger partial charge < -0.3 is 19.2 Å². The van der Waals surface area contributed by atoms with Crippen molar-refractivity contribution in [3.63, 3.8) is 0 Å². The maximum absolute atomic E-state index is 13.5. The SMILES string of the molecule is CC(C)(C)OC(=O)N(C(=O)OC(C)(C)C)c1ncc(-c2cc3ccccc3o2)c2cc(CNc3ccncc3)ccc12. The quantitative estimate of drug-likeness (QED) is 0.226. The lowest BCUT2D eigenvalue weighted by molar-refractivity contribution is 0.0429. The second-order valence-corrected chi connectivity index (χ2v) is 11.9. The molecule has 2 amide bonds. The highest BCUT2D eigenvalue weighted by Gasteiger charge is 2.35. The second kappa shape index (κ2) is 11.2. The van der Waals surface area contributed by atoms with Crippen LogP contribution in [0.5, 0.6) is 0 Å². The number of benzene rings is 2. The summed E-state index contributed by atoms with van der Waals surface area (Å²) in [7, 11) is 0. The van der Waals surface area contributed by atoms with E-state index >= 15 is 0 Å². The molecular weight excluding hydrogens is 532 g/mol. The Labute approximate surface area is 244 Å². The normalized spacial score (nSPS) is 11.9. The first-order valence-electron chi connectivity index (χ1n) is 13.7. The lowest BCUT2D eigenvalue weighted by Gasteiger charge is -2.28. The molecule has 42 heavy (non-hydrogen) atoms. The van der Waals surface area contributed by atoms with Crippen LogP contribution in [0.3, 0.4) is 0 Å². The summed E-state index contributed by atoms with van der Waals surface area (Å²) in [6.07, 6.45) is 3.29. The van der Waals surface area contributed by atoms with Crippen LogP contribution in [0.1, 0.15) is 47.1 Å².